The second kappa shape index (κ2) is 8.91. The number of rotatable bonds is 7. The van der Waals surface area contributed by atoms with Crippen molar-refractivity contribution in [3.05, 3.63) is 52.0 Å². The normalized spacial score (nSPS) is 15.0. The lowest BCUT2D eigenvalue weighted by atomic mass is 10.0. The summed E-state index contributed by atoms with van der Waals surface area (Å²) in [6.45, 7) is 2.02. The zero-order chi connectivity index (χ0) is 18.4. The summed E-state index contributed by atoms with van der Waals surface area (Å²) in [6.07, 6.45) is 3.17. The Balaban J connectivity index is 1.73. The molecular weight excluding hydrogens is 348 g/mol. The van der Waals surface area contributed by atoms with E-state index < -0.39 is 6.04 Å². The van der Waals surface area contributed by atoms with Crippen molar-refractivity contribution in [2.24, 2.45) is 5.73 Å². The third-order valence-corrected chi connectivity index (χ3v) is 5.35. The Morgan fingerprint density at radius 1 is 1.23 bits per heavy atom. The van der Waals surface area contributed by atoms with Gasteiger partial charge in [-0.1, -0.05) is 30.3 Å². The zero-order valence-electron chi connectivity index (χ0n) is 14.7. The second-order valence-corrected chi connectivity index (χ2v) is 7.36. The molecule has 26 heavy (non-hydrogen) atoms. The number of aromatic nitrogens is 1. The largest absolute Gasteiger partial charge is 0.341 e. The Kier molecular flexibility index (Phi) is 6.35. The van der Waals surface area contributed by atoms with Crippen LogP contribution >= 0.6 is 11.3 Å². The molecule has 0 saturated carbocycles. The first kappa shape index (κ1) is 18.5. The molecule has 1 aliphatic heterocycles. The van der Waals surface area contributed by atoms with Crippen LogP contribution in [0.1, 0.15) is 33.9 Å². The van der Waals surface area contributed by atoms with Crippen LogP contribution in [0, 0.1) is 0 Å². The number of likely N-dealkylation sites (tertiary alicyclic amines) is 1. The van der Waals surface area contributed by atoms with E-state index in [9.17, 15) is 9.59 Å². The van der Waals surface area contributed by atoms with E-state index in [1.807, 2.05) is 35.2 Å². The summed E-state index contributed by atoms with van der Waals surface area (Å²) in [6, 6.07) is 9.18. The molecule has 1 saturated heterocycles. The molecule has 1 fully saturated rings. The maximum absolute atomic E-state index is 12.9. The molecule has 3 rings (SSSR count). The van der Waals surface area contributed by atoms with Crippen molar-refractivity contribution in [3.63, 3.8) is 0 Å². The number of benzene rings is 1. The highest BCUT2D eigenvalue weighted by molar-refractivity contribution is 7.09. The molecule has 0 radical (unpaired) electrons. The Labute approximate surface area is 157 Å². The highest BCUT2D eigenvalue weighted by atomic mass is 32.1. The lowest BCUT2D eigenvalue weighted by Gasteiger charge is -2.24. The van der Waals surface area contributed by atoms with Crippen molar-refractivity contribution in [2.45, 2.75) is 31.7 Å². The van der Waals surface area contributed by atoms with E-state index in [1.54, 1.807) is 5.38 Å². The van der Waals surface area contributed by atoms with Crippen LogP contribution in [0.3, 0.4) is 0 Å². The van der Waals surface area contributed by atoms with Crippen molar-refractivity contribution < 1.29 is 9.59 Å². The van der Waals surface area contributed by atoms with Gasteiger partial charge in [-0.25, -0.2) is 4.98 Å². The first-order valence-corrected chi connectivity index (χ1v) is 9.83. The van der Waals surface area contributed by atoms with Crippen molar-refractivity contribution in [3.8, 4) is 0 Å². The van der Waals surface area contributed by atoms with E-state index in [0.717, 1.165) is 36.5 Å². The smallest absolute Gasteiger partial charge is 0.271 e. The second-order valence-electron chi connectivity index (χ2n) is 6.41. The number of thiazole rings is 1. The Bertz CT molecular complexity index is 741. The number of nitrogens with two attached hydrogens (primary N) is 1. The van der Waals surface area contributed by atoms with Gasteiger partial charge in [-0.2, -0.15) is 0 Å². The molecule has 1 aromatic heterocycles. The maximum atomic E-state index is 12.9. The summed E-state index contributed by atoms with van der Waals surface area (Å²) in [5.41, 5.74) is 6.91. The van der Waals surface area contributed by atoms with Gasteiger partial charge in [0.15, 0.2) is 0 Å². The number of carbonyl (C=O) groups excluding carboxylic acids is 2. The molecule has 2 aromatic rings. The highest BCUT2D eigenvalue weighted by Gasteiger charge is 2.28. The van der Waals surface area contributed by atoms with Crippen LogP contribution in [0.25, 0.3) is 0 Å². The van der Waals surface area contributed by atoms with E-state index in [0.29, 0.717) is 25.1 Å². The number of hydrogen-bond acceptors (Lipinski definition) is 5. The highest BCUT2D eigenvalue weighted by Crippen LogP contribution is 2.14. The van der Waals surface area contributed by atoms with Gasteiger partial charge in [-0.05, 0) is 24.9 Å². The predicted molar refractivity (Wildman–Crippen MR) is 102 cm³/mol. The molecule has 1 unspecified atom stereocenters. The van der Waals surface area contributed by atoms with Gasteiger partial charge < -0.3 is 16.0 Å². The maximum Gasteiger partial charge on any atom is 0.271 e. The third kappa shape index (κ3) is 4.68. The van der Waals surface area contributed by atoms with Gasteiger partial charge in [0, 0.05) is 31.3 Å². The van der Waals surface area contributed by atoms with E-state index in [-0.39, 0.29) is 11.8 Å². The molecule has 0 aliphatic carbocycles. The first-order chi connectivity index (χ1) is 12.7. The van der Waals surface area contributed by atoms with Crippen LogP contribution in [-0.2, 0) is 17.6 Å². The molecule has 1 atom stereocenters. The number of nitrogens with zero attached hydrogens (tertiary/aromatic N) is 2. The Hall–Kier alpha value is -2.25. The fourth-order valence-electron chi connectivity index (χ4n) is 3.09. The molecule has 2 amide bonds. The van der Waals surface area contributed by atoms with E-state index in [1.165, 1.54) is 11.3 Å². The van der Waals surface area contributed by atoms with Gasteiger partial charge in [0.05, 0.1) is 5.01 Å². The molecule has 7 heteroatoms. The minimum Gasteiger partial charge on any atom is -0.341 e. The zero-order valence-corrected chi connectivity index (χ0v) is 15.5. The molecular formula is C19H24N4O2S. The van der Waals surface area contributed by atoms with Gasteiger partial charge in [0.1, 0.15) is 11.7 Å². The van der Waals surface area contributed by atoms with Gasteiger partial charge in [0.2, 0.25) is 5.91 Å². The van der Waals surface area contributed by atoms with Crippen molar-refractivity contribution in [1.82, 2.24) is 15.2 Å². The van der Waals surface area contributed by atoms with Gasteiger partial charge in [-0.3, -0.25) is 9.59 Å². The lowest BCUT2D eigenvalue weighted by molar-refractivity contribution is -0.132. The third-order valence-electron chi connectivity index (χ3n) is 4.45. The van der Waals surface area contributed by atoms with Crippen molar-refractivity contribution >= 4 is 23.2 Å². The summed E-state index contributed by atoms with van der Waals surface area (Å²) in [5, 5.41) is 5.46. The molecule has 0 bridgehead atoms. The summed E-state index contributed by atoms with van der Waals surface area (Å²) < 4.78 is 0. The van der Waals surface area contributed by atoms with E-state index in [4.69, 9.17) is 5.73 Å². The van der Waals surface area contributed by atoms with Crippen LogP contribution in [0.15, 0.2) is 35.7 Å². The van der Waals surface area contributed by atoms with Gasteiger partial charge >= 0.3 is 0 Å². The molecule has 1 aromatic carbocycles. The van der Waals surface area contributed by atoms with Crippen molar-refractivity contribution in [2.75, 3.05) is 19.6 Å². The number of nitrogens with one attached hydrogen (secondary N) is 1. The Morgan fingerprint density at radius 2 is 1.96 bits per heavy atom. The molecule has 138 valence electrons. The summed E-state index contributed by atoms with van der Waals surface area (Å²) in [7, 11) is 0. The standard InChI is InChI=1S/C19H24N4O2S/c20-9-8-17-21-16(13-26-17)18(24)22-15(12-14-6-2-1-3-7-14)19(25)23-10-4-5-11-23/h1-3,6-7,13,15H,4-5,8-12,20H2,(H,22,24). The fourth-order valence-corrected chi connectivity index (χ4v) is 3.89. The average molecular weight is 372 g/mol. The monoisotopic (exact) mass is 372 g/mol. The van der Waals surface area contributed by atoms with E-state index >= 15 is 0 Å². The van der Waals surface area contributed by atoms with Crippen molar-refractivity contribution in [1.29, 1.82) is 0 Å². The summed E-state index contributed by atoms with van der Waals surface area (Å²) in [5.74, 6) is -0.324. The number of hydrogen-bond donors (Lipinski definition) is 2. The minimum absolute atomic E-state index is 0.0166. The molecule has 2 heterocycles. The van der Waals surface area contributed by atoms with Gasteiger partial charge in [0.25, 0.3) is 5.91 Å². The molecule has 1 aliphatic rings. The summed E-state index contributed by atoms with van der Waals surface area (Å²) >= 11 is 1.42. The van der Waals surface area contributed by atoms with Crippen LogP contribution in [0.2, 0.25) is 0 Å². The Morgan fingerprint density at radius 3 is 2.65 bits per heavy atom. The van der Waals surface area contributed by atoms with Gasteiger partial charge in [-0.15, -0.1) is 11.3 Å². The summed E-state index contributed by atoms with van der Waals surface area (Å²) in [4.78, 5) is 31.7. The topological polar surface area (TPSA) is 88.3 Å². The quantitative estimate of drug-likeness (QED) is 0.773. The lowest BCUT2D eigenvalue weighted by Crippen LogP contribution is -2.49. The van der Waals surface area contributed by atoms with Crippen LogP contribution < -0.4 is 11.1 Å². The SMILES string of the molecule is NCCc1nc(C(=O)NC(Cc2ccccc2)C(=O)N2CCCC2)cs1. The molecule has 0 spiro atoms. The number of amides is 2. The average Bonchev–Trinajstić information content (AvgIpc) is 3.34. The fraction of sp³-hybridized carbons (Fsp3) is 0.421. The van der Waals surface area contributed by atoms with Crippen LogP contribution in [0.5, 0.6) is 0 Å². The molecule has 6 nitrogen and oxygen atoms in total. The van der Waals surface area contributed by atoms with E-state index in [2.05, 4.69) is 10.3 Å². The van der Waals surface area contributed by atoms with Crippen LogP contribution in [0.4, 0.5) is 0 Å². The minimum atomic E-state index is -0.581. The first-order valence-electron chi connectivity index (χ1n) is 8.95. The number of carbonyl (C=O) groups is 2. The predicted octanol–water partition coefficient (Wildman–Crippen LogP) is 1.61. The van der Waals surface area contributed by atoms with Crippen LogP contribution in [-0.4, -0.2) is 47.4 Å². The molecule has 3 N–H and O–H groups in total.